The molecule has 0 aliphatic rings. The standard InChI is InChI=1S/C22H21FN4O2/c1-15(21(28)25-18-10-5-7-16(23)13-18)24-19-11-6-12-20(14-19)27-22(29)26-17-8-3-2-4-9-17/h2-15,24H,1H3,(H,25,28)(H2,26,27,29)/t15-/m0/s1. The molecule has 4 N–H and O–H groups in total. The van der Waals surface area contributed by atoms with E-state index >= 15 is 0 Å². The van der Waals surface area contributed by atoms with E-state index in [0.717, 1.165) is 0 Å². The molecule has 0 aliphatic carbocycles. The quantitative estimate of drug-likeness (QED) is 0.481. The molecule has 0 heterocycles. The molecule has 148 valence electrons. The average Bonchev–Trinajstić information content (AvgIpc) is 2.69. The van der Waals surface area contributed by atoms with E-state index in [2.05, 4.69) is 21.3 Å². The highest BCUT2D eigenvalue weighted by molar-refractivity contribution is 6.00. The van der Waals surface area contributed by atoms with Crippen LogP contribution in [0.1, 0.15) is 6.92 Å². The number of anilines is 4. The zero-order chi connectivity index (χ0) is 20.6. The van der Waals surface area contributed by atoms with Crippen molar-refractivity contribution in [1.29, 1.82) is 0 Å². The fourth-order valence-corrected chi connectivity index (χ4v) is 2.63. The van der Waals surface area contributed by atoms with E-state index in [-0.39, 0.29) is 11.9 Å². The van der Waals surface area contributed by atoms with E-state index in [1.54, 1.807) is 49.4 Å². The molecule has 3 amide bonds. The molecule has 0 radical (unpaired) electrons. The molecule has 0 saturated carbocycles. The number of carbonyl (C=O) groups is 2. The molecule has 0 fully saturated rings. The number of hydrogen-bond donors (Lipinski definition) is 4. The number of benzene rings is 3. The lowest BCUT2D eigenvalue weighted by Crippen LogP contribution is -2.31. The Morgan fingerprint density at radius 1 is 0.724 bits per heavy atom. The number of nitrogens with one attached hydrogen (secondary N) is 4. The number of amides is 3. The van der Waals surface area contributed by atoms with Gasteiger partial charge in [0.25, 0.3) is 0 Å². The van der Waals surface area contributed by atoms with E-state index in [1.165, 1.54) is 18.2 Å². The zero-order valence-corrected chi connectivity index (χ0v) is 15.8. The zero-order valence-electron chi connectivity index (χ0n) is 15.8. The molecule has 0 bridgehead atoms. The van der Waals surface area contributed by atoms with Crippen molar-refractivity contribution in [3.8, 4) is 0 Å². The summed E-state index contributed by atoms with van der Waals surface area (Å²) < 4.78 is 13.2. The van der Waals surface area contributed by atoms with Gasteiger partial charge in [-0.05, 0) is 55.5 Å². The summed E-state index contributed by atoms with van der Waals surface area (Å²) in [5.41, 5.74) is 2.30. The van der Waals surface area contributed by atoms with Gasteiger partial charge in [-0.25, -0.2) is 9.18 Å². The predicted molar refractivity (Wildman–Crippen MR) is 114 cm³/mol. The molecule has 0 spiro atoms. The summed E-state index contributed by atoms with van der Waals surface area (Å²) in [6.07, 6.45) is 0. The number of rotatable bonds is 6. The molecule has 0 unspecified atom stereocenters. The highest BCUT2D eigenvalue weighted by Crippen LogP contribution is 2.17. The molecular formula is C22H21FN4O2. The van der Waals surface area contributed by atoms with Crippen LogP contribution in [-0.2, 0) is 4.79 Å². The Morgan fingerprint density at radius 2 is 1.31 bits per heavy atom. The second kappa shape index (κ2) is 9.36. The molecule has 7 heteroatoms. The lowest BCUT2D eigenvalue weighted by Gasteiger charge is -2.16. The molecule has 1 atom stereocenters. The fraction of sp³-hybridized carbons (Fsp3) is 0.0909. The van der Waals surface area contributed by atoms with Gasteiger partial charge in [-0.1, -0.05) is 30.3 Å². The molecule has 0 saturated heterocycles. The number of para-hydroxylation sites is 1. The van der Waals surface area contributed by atoms with Crippen LogP contribution in [0.3, 0.4) is 0 Å². The van der Waals surface area contributed by atoms with Gasteiger partial charge in [0.05, 0.1) is 0 Å². The van der Waals surface area contributed by atoms with Crippen molar-refractivity contribution in [2.45, 2.75) is 13.0 Å². The first-order chi connectivity index (χ1) is 14.0. The predicted octanol–water partition coefficient (Wildman–Crippen LogP) is 4.91. The molecule has 3 rings (SSSR count). The highest BCUT2D eigenvalue weighted by Gasteiger charge is 2.13. The van der Waals surface area contributed by atoms with Gasteiger partial charge in [0.2, 0.25) is 5.91 Å². The maximum atomic E-state index is 13.2. The van der Waals surface area contributed by atoms with Crippen LogP contribution in [0.4, 0.5) is 31.9 Å². The Labute approximate surface area is 168 Å². The van der Waals surface area contributed by atoms with Crippen molar-refractivity contribution in [3.05, 3.63) is 84.7 Å². The Balaban J connectivity index is 1.57. The normalized spacial score (nSPS) is 11.2. The largest absolute Gasteiger partial charge is 0.374 e. The van der Waals surface area contributed by atoms with Crippen LogP contribution in [0.25, 0.3) is 0 Å². The second-order valence-corrected chi connectivity index (χ2v) is 6.39. The van der Waals surface area contributed by atoms with Crippen LogP contribution in [0.2, 0.25) is 0 Å². The summed E-state index contributed by atoms with van der Waals surface area (Å²) in [5.74, 6) is -0.730. The Morgan fingerprint density at radius 3 is 2.03 bits per heavy atom. The third kappa shape index (κ3) is 6.07. The average molecular weight is 392 g/mol. The number of hydrogen-bond acceptors (Lipinski definition) is 3. The van der Waals surface area contributed by atoms with Crippen LogP contribution in [-0.4, -0.2) is 18.0 Å². The van der Waals surface area contributed by atoms with Gasteiger partial charge in [0.1, 0.15) is 11.9 Å². The van der Waals surface area contributed by atoms with Gasteiger partial charge in [-0.2, -0.15) is 0 Å². The van der Waals surface area contributed by atoms with Gasteiger partial charge in [0, 0.05) is 22.7 Å². The summed E-state index contributed by atoms with van der Waals surface area (Å²) in [5, 5.41) is 11.2. The number of urea groups is 1. The van der Waals surface area contributed by atoms with Crippen LogP contribution >= 0.6 is 0 Å². The van der Waals surface area contributed by atoms with Crippen molar-refractivity contribution < 1.29 is 14.0 Å². The van der Waals surface area contributed by atoms with Crippen molar-refractivity contribution in [1.82, 2.24) is 0 Å². The van der Waals surface area contributed by atoms with E-state index in [0.29, 0.717) is 22.7 Å². The maximum absolute atomic E-state index is 13.2. The molecular weight excluding hydrogens is 371 g/mol. The minimum Gasteiger partial charge on any atom is -0.374 e. The minimum absolute atomic E-state index is 0.309. The van der Waals surface area contributed by atoms with Crippen LogP contribution in [0, 0.1) is 5.82 Å². The van der Waals surface area contributed by atoms with Crippen LogP contribution < -0.4 is 21.3 Å². The highest BCUT2D eigenvalue weighted by atomic mass is 19.1. The van der Waals surface area contributed by atoms with E-state index < -0.39 is 11.9 Å². The van der Waals surface area contributed by atoms with Crippen molar-refractivity contribution in [2.75, 3.05) is 21.3 Å². The summed E-state index contributed by atoms with van der Waals surface area (Å²) in [7, 11) is 0. The van der Waals surface area contributed by atoms with Gasteiger partial charge < -0.3 is 21.3 Å². The van der Waals surface area contributed by atoms with E-state index in [4.69, 9.17) is 0 Å². The van der Waals surface area contributed by atoms with E-state index in [1.807, 2.05) is 18.2 Å². The molecule has 29 heavy (non-hydrogen) atoms. The first-order valence-electron chi connectivity index (χ1n) is 9.06. The van der Waals surface area contributed by atoms with Crippen molar-refractivity contribution in [2.24, 2.45) is 0 Å². The number of carbonyl (C=O) groups excluding carboxylic acids is 2. The first kappa shape index (κ1) is 19.9. The summed E-state index contributed by atoms with van der Waals surface area (Å²) >= 11 is 0. The topological polar surface area (TPSA) is 82.3 Å². The lowest BCUT2D eigenvalue weighted by atomic mass is 10.2. The monoisotopic (exact) mass is 392 g/mol. The maximum Gasteiger partial charge on any atom is 0.323 e. The van der Waals surface area contributed by atoms with Gasteiger partial charge in [-0.15, -0.1) is 0 Å². The van der Waals surface area contributed by atoms with Crippen molar-refractivity contribution in [3.63, 3.8) is 0 Å². The first-order valence-corrected chi connectivity index (χ1v) is 9.06. The second-order valence-electron chi connectivity index (χ2n) is 6.39. The Kier molecular flexibility index (Phi) is 6.42. The van der Waals surface area contributed by atoms with Gasteiger partial charge in [-0.3, -0.25) is 4.79 Å². The molecule has 3 aromatic rings. The molecule has 0 aliphatic heterocycles. The summed E-state index contributed by atoms with van der Waals surface area (Å²) in [6, 6.07) is 20.9. The molecule has 3 aromatic carbocycles. The van der Waals surface area contributed by atoms with Crippen LogP contribution in [0.15, 0.2) is 78.9 Å². The summed E-state index contributed by atoms with van der Waals surface area (Å²) in [4.78, 5) is 24.4. The van der Waals surface area contributed by atoms with Gasteiger partial charge >= 0.3 is 6.03 Å². The SMILES string of the molecule is C[C@H](Nc1cccc(NC(=O)Nc2ccccc2)c1)C(=O)Nc1cccc(F)c1. The third-order valence-corrected chi connectivity index (χ3v) is 4.02. The lowest BCUT2D eigenvalue weighted by molar-refractivity contribution is -0.116. The Hall–Kier alpha value is -3.87. The summed E-state index contributed by atoms with van der Waals surface area (Å²) in [6.45, 7) is 1.69. The molecule has 6 nitrogen and oxygen atoms in total. The van der Waals surface area contributed by atoms with E-state index in [9.17, 15) is 14.0 Å². The molecule has 0 aromatic heterocycles. The van der Waals surface area contributed by atoms with Gasteiger partial charge in [0.15, 0.2) is 0 Å². The van der Waals surface area contributed by atoms with Crippen molar-refractivity contribution >= 4 is 34.7 Å². The van der Waals surface area contributed by atoms with Crippen LogP contribution in [0.5, 0.6) is 0 Å². The Bertz CT molecular complexity index is 995. The smallest absolute Gasteiger partial charge is 0.323 e. The number of halogens is 1. The third-order valence-electron chi connectivity index (χ3n) is 4.02. The fourth-order valence-electron chi connectivity index (χ4n) is 2.63. The minimum atomic E-state index is -0.577.